The van der Waals surface area contributed by atoms with Crippen molar-refractivity contribution in [1.82, 2.24) is 0 Å². The monoisotopic (exact) mass is 216 g/mol. The van der Waals surface area contributed by atoms with Crippen LogP contribution in [0.25, 0.3) is 0 Å². The third-order valence-corrected chi connectivity index (χ3v) is 3.81. The zero-order valence-corrected chi connectivity index (χ0v) is 8.88. The summed E-state index contributed by atoms with van der Waals surface area (Å²) in [6.45, 7) is 0.730. The first-order valence-electron chi connectivity index (χ1n) is 5.82. The Labute approximate surface area is 89.9 Å². The second-order valence-electron chi connectivity index (χ2n) is 4.73. The topological polar surface area (TPSA) is 69.9 Å². The van der Waals surface area contributed by atoms with Gasteiger partial charge >= 0.3 is 0 Å². The Balaban J connectivity index is 2.16. The van der Waals surface area contributed by atoms with Crippen molar-refractivity contribution in [3.63, 3.8) is 0 Å². The zero-order chi connectivity index (χ0) is 10.8. The SMILES string of the molecule is OCC1C[C@H]2OCCCC[C@@H]1[C@@H](O)C2O. The van der Waals surface area contributed by atoms with Crippen LogP contribution in [0.1, 0.15) is 25.7 Å². The smallest absolute Gasteiger partial charge is 0.106 e. The number of ether oxygens (including phenoxy) is 1. The van der Waals surface area contributed by atoms with Crippen molar-refractivity contribution < 1.29 is 20.1 Å². The predicted octanol–water partition coefficient (Wildman–Crippen LogP) is -0.0943. The normalized spacial score (nSPS) is 47.0. The van der Waals surface area contributed by atoms with E-state index in [1.165, 1.54) is 0 Å². The van der Waals surface area contributed by atoms with E-state index >= 15 is 0 Å². The molecule has 2 unspecified atom stereocenters. The van der Waals surface area contributed by atoms with E-state index in [2.05, 4.69) is 0 Å². The van der Waals surface area contributed by atoms with Crippen LogP contribution in [-0.2, 0) is 4.74 Å². The minimum Gasteiger partial charge on any atom is -0.396 e. The van der Waals surface area contributed by atoms with Gasteiger partial charge in [-0.25, -0.2) is 0 Å². The van der Waals surface area contributed by atoms with Gasteiger partial charge < -0.3 is 20.1 Å². The van der Waals surface area contributed by atoms with Crippen LogP contribution in [0.15, 0.2) is 0 Å². The van der Waals surface area contributed by atoms with Crippen LogP contribution in [0.3, 0.4) is 0 Å². The molecule has 3 N–H and O–H groups in total. The highest BCUT2D eigenvalue weighted by molar-refractivity contribution is 4.93. The Morgan fingerprint density at radius 3 is 2.67 bits per heavy atom. The molecule has 0 aromatic heterocycles. The predicted molar refractivity (Wildman–Crippen MR) is 54.3 cm³/mol. The molecule has 0 amide bonds. The van der Waals surface area contributed by atoms with E-state index in [9.17, 15) is 15.3 Å². The van der Waals surface area contributed by atoms with Gasteiger partial charge in [0.15, 0.2) is 0 Å². The maximum absolute atomic E-state index is 9.96. The molecule has 1 aliphatic carbocycles. The molecule has 2 aliphatic heterocycles. The highest BCUT2D eigenvalue weighted by Gasteiger charge is 2.43. The van der Waals surface area contributed by atoms with Crippen LogP contribution in [0.4, 0.5) is 0 Å². The van der Waals surface area contributed by atoms with E-state index in [-0.39, 0.29) is 24.5 Å². The molecule has 15 heavy (non-hydrogen) atoms. The molecular formula is C11H20O4. The number of hydrogen-bond donors (Lipinski definition) is 3. The molecule has 2 bridgehead atoms. The molecule has 3 fully saturated rings. The van der Waals surface area contributed by atoms with Gasteiger partial charge in [0.25, 0.3) is 0 Å². The van der Waals surface area contributed by atoms with Gasteiger partial charge in [0.2, 0.25) is 0 Å². The maximum atomic E-state index is 9.96. The van der Waals surface area contributed by atoms with Gasteiger partial charge in [-0.2, -0.15) is 0 Å². The molecule has 2 heterocycles. The summed E-state index contributed by atoms with van der Waals surface area (Å²) in [5.74, 6) is 0.106. The van der Waals surface area contributed by atoms with Crippen LogP contribution in [-0.4, -0.2) is 46.8 Å². The van der Waals surface area contributed by atoms with E-state index < -0.39 is 12.2 Å². The number of rotatable bonds is 1. The lowest BCUT2D eigenvalue weighted by atomic mass is 9.73. The molecule has 0 spiro atoms. The minimum atomic E-state index is -0.782. The van der Waals surface area contributed by atoms with E-state index in [0.29, 0.717) is 13.0 Å². The third-order valence-electron chi connectivity index (χ3n) is 3.81. The summed E-state index contributed by atoms with van der Waals surface area (Å²) in [5.41, 5.74) is 0. The summed E-state index contributed by atoms with van der Waals surface area (Å²) in [6, 6.07) is 0. The van der Waals surface area contributed by atoms with Gasteiger partial charge in [0.05, 0.1) is 12.2 Å². The van der Waals surface area contributed by atoms with Gasteiger partial charge in [-0.3, -0.25) is 0 Å². The molecule has 4 heteroatoms. The average Bonchev–Trinajstić information content (AvgIpc) is 2.38. The fourth-order valence-electron chi connectivity index (χ4n) is 2.86. The van der Waals surface area contributed by atoms with Crippen molar-refractivity contribution in [3.05, 3.63) is 0 Å². The molecule has 0 aromatic rings. The van der Waals surface area contributed by atoms with Crippen molar-refractivity contribution in [2.75, 3.05) is 13.2 Å². The largest absolute Gasteiger partial charge is 0.396 e. The summed E-state index contributed by atoms with van der Waals surface area (Å²) in [6.07, 6.45) is 1.70. The Kier molecular flexibility index (Phi) is 3.61. The van der Waals surface area contributed by atoms with Crippen molar-refractivity contribution in [3.8, 4) is 0 Å². The van der Waals surface area contributed by atoms with Crippen molar-refractivity contribution in [1.29, 1.82) is 0 Å². The van der Waals surface area contributed by atoms with E-state index in [4.69, 9.17) is 4.74 Å². The molecule has 3 rings (SSSR count). The summed E-state index contributed by atoms with van der Waals surface area (Å²) >= 11 is 0. The van der Waals surface area contributed by atoms with Gasteiger partial charge in [0, 0.05) is 13.2 Å². The van der Waals surface area contributed by atoms with Crippen molar-refractivity contribution >= 4 is 0 Å². The van der Waals surface area contributed by atoms with Crippen LogP contribution in [0.2, 0.25) is 0 Å². The van der Waals surface area contributed by atoms with Gasteiger partial charge in [-0.15, -0.1) is 0 Å². The van der Waals surface area contributed by atoms with E-state index in [1.54, 1.807) is 0 Å². The van der Waals surface area contributed by atoms with Gasteiger partial charge in [0.1, 0.15) is 6.10 Å². The molecule has 2 saturated heterocycles. The second kappa shape index (κ2) is 4.78. The lowest BCUT2D eigenvalue weighted by Gasteiger charge is -2.41. The molecule has 88 valence electrons. The first kappa shape index (κ1) is 11.3. The summed E-state index contributed by atoms with van der Waals surface area (Å²) in [7, 11) is 0. The standard InChI is InChI=1S/C11H20O4/c12-6-7-5-9-11(14)10(13)8(7)3-1-2-4-15-9/h7-14H,1-6H2/t7?,8-,9+,10+,11?/m0/s1. The van der Waals surface area contributed by atoms with Crippen LogP contribution in [0.5, 0.6) is 0 Å². The Morgan fingerprint density at radius 1 is 1.13 bits per heavy atom. The van der Waals surface area contributed by atoms with Crippen LogP contribution >= 0.6 is 0 Å². The highest BCUT2D eigenvalue weighted by atomic mass is 16.5. The third kappa shape index (κ3) is 2.18. The summed E-state index contributed by atoms with van der Waals surface area (Å²) in [5, 5.41) is 29.1. The first-order valence-corrected chi connectivity index (χ1v) is 5.82. The minimum absolute atomic E-state index is 0.0305. The molecule has 3 aliphatic rings. The van der Waals surface area contributed by atoms with Crippen molar-refractivity contribution in [2.24, 2.45) is 11.8 Å². The number of hydrogen-bond acceptors (Lipinski definition) is 4. The lowest BCUT2D eigenvalue weighted by molar-refractivity contribution is -0.151. The quantitative estimate of drug-likeness (QED) is 0.573. The molecular weight excluding hydrogens is 196 g/mol. The molecule has 4 nitrogen and oxygen atoms in total. The fourth-order valence-corrected chi connectivity index (χ4v) is 2.86. The van der Waals surface area contributed by atoms with Crippen LogP contribution < -0.4 is 0 Å². The summed E-state index contributed by atoms with van der Waals surface area (Å²) in [4.78, 5) is 0. The molecule has 1 saturated carbocycles. The Hall–Kier alpha value is -0.160. The Morgan fingerprint density at radius 2 is 1.93 bits per heavy atom. The Bertz CT molecular complexity index is 205. The summed E-state index contributed by atoms with van der Waals surface area (Å²) < 4.78 is 5.54. The molecule has 5 atom stereocenters. The fraction of sp³-hybridized carbons (Fsp3) is 1.00. The highest BCUT2D eigenvalue weighted by Crippen LogP contribution is 2.36. The molecule has 0 radical (unpaired) electrons. The second-order valence-corrected chi connectivity index (χ2v) is 4.73. The first-order chi connectivity index (χ1) is 7.24. The zero-order valence-electron chi connectivity index (χ0n) is 8.88. The van der Waals surface area contributed by atoms with E-state index in [0.717, 1.165) is 19.3 Å². The van der Waals surface area contributed by atoms with Crippen LogP contribution in [0, 0.1) is 11.8 Å². The van der Waals surface area contributed by atoms with E-state index in [1.807, 2.05) is 0 Å². The maximum Gasteiger partial charge on any atom is 0.106 e. The van der Waals surface area contributed by atoms with Crippen molar-refractivity contribution in [2.45, 2.75) is 44.0 Å². The lowest BCUT2D eigenvalue weighted by Crippen LogP contribution is -2.51. The van der Waals surface area contributed by atoms with Gasteiger partial charge in [-0.1, -0.05) is 6.42 Å². The number of fused-ring (bicyclic) bond motifs is 6. The molecule has 0 aromatic carbocycles. The average molecular weight is 216 g/mol. The number of aliphatic hydroxyl groups is 3. The number of aliphatic hydroxyl groups excluding tert-OH is 3. The van der Waals surface area contributed by atoms with Gasteiger partial charge in [-0.05, 0) is 31.1 Å².